The van der Waals surface area contributed by atoms with Crippen LogP contribution in [-0.2, 0) is 6.61 Å². The molecule has 20 heavy (non-hydrogen) atoms. The van der Waals surface area contributed by atoms with Gasteiger partial charge in [-0.3, -0.25) is 4.79 Å². The monoisotopic (exact) mass is 276 g/mol. The van der Waals surface area contributed by atoms with E-state index in [0.29, 0.717) is 23.1 Å². The molecule has 2 rings (SSSR count). The van der Waals surface area contributed by atoms with Gasteiger partial charge in [0.05, 0.1) is 6.61 Å². The van der Waals surface area contributed by atoms with Gasteiger partial charge >= 0.3 is 0 Å². The minimum Gasteiger partial charge on any atom is -0.508 e. The molecule has 1 aromatic rings. The van der Waals surface area contributed by atoms with Crippen molar-refractivity contribution in [2.45, 2.75) is 44.8 Å². The van der Waals surface area contributed by atoms with E-state index in [-0.39, 0.29) is 18.1 Å². The molecule has 0 amide bonds. The maximum Gasteiger partial charge on any atom is 0.198 e. The Hall–Kier alpha value is -1.65. The largest absolute Gasteiger partial charge is 0.508 e. The molecule has 0 spiro atoms. The molecule has 0 aliphatic heterocycles. The molecule has 0 heterocycles. The van der Waals surface area contributed by atoms with Gasteiger partial charge in [-0.25, -0.2) is 0 Å². The summed E-state index contributed by atoms with van der Waals surface area (Å²) in [4.78, 5) is 12.4. The van der Waals surface area contributed by atoms with Crippen LogP contribution in [0.4, 0.5) is 0 Å². The first-order chi connectivity index (χ1) is 9.53. The third kappa shape index (κ3) is 2.49. The fraction of sp³-hybridized carbons (Fsp3) is 0.438. The van der Waals surface area contributed by atoms with Crippen LogP contribution in [0.25, 0.3) is 6.08 Å². The number of aromatic hydroxyl groups is 1. The van der Waals surface area contributed by atoms with Gasteiger partial charge in [-0.15, -0.1) is 0 Å². The van der Waals surface area contributed by atoms with E-state index < -0.39 is 5.60 Å². The summed E-state index contributed by atoms with van der Waals surface area (Å²) in [7, 11) is 0. The number of aliphatic hydroxyl groups is 2. The molecule has 108 valence electrons. The highest BCUT2D eigenvalue weighted by Crippen LogP contribution is 2.34. The zero-order valence-corrected chi connectivity index (χ0v) is 11.6. The second-order valence-corrected chi connectivity index (χ2v) is 5.23. The van der Waals surface area contributed by atoms with E-state index in [1.807, 2.05) is 0 Å². The van der Waals surface area contributed by atoms with Crippen molar-refractivity contribution in [3.63, 3.8) is 0 Å². The Kier molecular flexibility index (Phi) is 4.26. The predicted octanol–water partition coefficient (Wildman–Crippen LogP) is 2.41. The van der Waals surface area contributed by atoms with Gasteiger partial charge in [-0.05, 0) is 36.6 Å². The van der Waals surface area contributed by atoms with Crippen LogP contribution in [0.2, 0.25) is 0 Å². The molecule has 0 fully saturated rings. The molecule has 0 unspecified atom stereocenters. The molecule has 0 aromatic heterocycles. The highest BCUT2D eigenvalue weighted by atomic mass is 16.3. The number of ketones is 1. The Balaban J connectivity index is 2.36. The van der Waals surface area contributed by atoms with Crippen LogP contribution in [0.1, 0.15) is 54.1 Å². The zero-order valence-electron chi connectivity index (χ0n) is 11.6. The van der Waals surface area contributed by atoms with Crippen molar-refractivity contribution >= 4 is 11.9 Å². The van der Waals surface area contributed by atoms with Crippen LogP contribution in [-0.4, -0.2) is 26.7 Å². The maximum atomic E-state index is 12.4. The summed E-state index contributed by atoms with van der Waals surface area (Å²) < 4.78 is 0. The molecule has 4 nitrogen and oxygen atoms in total. The number of carbonyl (C=O) groups excluding carboxylic acids is 1. The second kappa shape index (κ2) is 5.77. The van der Waals surface area contributed by atoms with E-state index in [4.69, 9.17) is 0 Å². The highest BCUT2D eigenvalue weighted by molar-refractivity contribution is 6.09. The predicted molar refractivity (Wildman–Crippen MR) is 76.5 cm³/mol. The van der Waals surface area contributed by atoms with E-state index in [1.165, 1.54) is 18.2 Å². The Bertz CT molecular complexity index is 548. The summed E-state index contributed by atoms with van der Waals surface area (Å²) in [6, 6.07) is 2.88. The SMILES string of the molecule is CCCCC[C@@]1(O)C=Cc2c(ccc(O)c2CO)C1=O. The molecule has 1 aliphatic rings. The van der Waals surface area contributed by atoms with Gasteiger partial charge in [-0.2, -0.15) is 0 Å². The normalized spacial score (nSPS) is 21.1. The zero-order chi connectivity index (χ0) is 14.8. The summed E-state index contributed by atoms with van der Waals surface area (Å²) in [5.41, 5.74) is -0.292. The highest BCUT2D eigenvalue weighted by Gasteiger charge is 2.37. The van der Waals surface area contributed by atoms with E-state index in [1.54, 1.807) is 6.08 Å². The topological polar surface area (TPSA) is 77.8 Å². The molecule has 4 heteroatoms. The minimum atomic E-state index is -1.47. The summed E-state index contributed by atoms with van der Waals surface area (Å²) in [6.07, 6.45) is 6.26. The number of hydrogen-bond donors (Lipinski definition) is 3. The number of hydrogen-bond acceptors (Lipinski definition) is 4. The van der Waals surface area contributed by atoms with Crippen molar-refractivity contribution < 1.29 is 20.1 Å². The van der Waals surface area contributed by atoms with Gasteiger partial charge in [0, 0.05) is 11.1 Å². The molecule has 1 aliphatic carbocycles. The quantitative estimate of drug-likeness (QED) is 0.722. The first-order valence-corrected chi connectivity index (χ1v) is 6.95. The molecule has 3 N–H and O–H groups in total. The summed E-state index contributed by atoms with van der Waals surface area (Å²) in [5, 5.41) is 29.5. The molecule has 0 radical (unpaired) electrons. The number of aliphatic hydroxyl groups excluding tert-OH is 1. The molecule has 0 saturated heterocycles. The average Bonchev–Trinajstić information content (AvgIpc) is 2.43. The molecule has 1 atom stereocenters. The van der Waals surface area contributed by atoms with E-state index in [2.05, 4.69) is 6.92 Å². The number of rotatable bonds is 5. The van der Waals surface area contributed by atoms with E-state index in [0.717, 1.165) is 19.3 Å². The number of unbranched alkanes of at least 4 members (excludes halogenated alkanes) is 2. The van der Waals surface area contributed by atoms with Crippen molar-refractivity contribution in [3.05, 3.63) is 34.9 Å². The summed E-state index contributed by atoms with van der Waals surface area (Å²) in [6.45, 7) is 1.72. The van der Waals surface area contributed by atoms with Crippen LogP contribution < -0.4 is 0 Å². The van der Waals surface area contributed by atoms with Crippen molar-refractivity contribution in [1.82, 2.24) is 0 Å². The Labute approximate surface area is 118 Å². The lowest BCUT2D eigenvalue weighted by molar-refractivity contribution is 0.0482. The van der Waals surface area contributed by atoms with Crippen LogP contribution in [0, 0.1) is 0 Å². The third-order valence-corrected chi connectivity index (χ3v) is 3.82. The summed E-state index contributed by atoms with van der Waals surface area (Å²) >= 11 is 0. The first kappa shape index (κ1) is 14.8. The van der Waals surface area contributed by atoms with Gasteiger partial charge in [0.1, 0.15) is 11.4 Å². The number of fused-ring (bicyclic) bond motifs is 1. The number of phenols is 1. The third-order valence-electron chi connectivity index (χ3n) is 3.82. The lowest BCUT2D eigenvalue weighted by Crippen LogP contribution is -2.39. The number of carbonyl (C=O) groups is 1. The Morgan fingerprint density at radius 1 is 1.25 bits per heavy atom. The second-order valence-electron chi connectivity index (χ2n) is 5.23. The van der Waals surface area contributed by atoms with Gasteiger partial charge in [0.15, 0.2) is 5.78 Å². The van der Waals surface area contributed by atoms with E-state index >= 15 is 0 Å². The first-order valence-electron chi connectivity index (χ1n) is 6.95. The van der Waals surface area contributed by atoms with Gasteiger partial charge < -0.3 is 15.3 Å². The molecule has 1 aromatic carbocycles. The fourth-order valence-electron chi connectivity index (χ4n) is 2.58. The lowest BCUT2D eigenvalue weighted by atomic mass is 9.80. The van der Waals surface area contributed by atoms with Gasteiger partial charge in [0.2, 0.25) is 0 Å². The van der Waals surface area contributed by atoms with Crippen molar-refractivity contribution in [3.8, 4) is 5.75 Å². The van der Waals surface area contributed by atoms with Crippen molar-refractivity contribution in [2.75, 3.05) is 0 Å². The van der Waals surface area contributed by atoms with Crippen molar-refractivity contribution in [1.29, 1.82) is 0 Å². The van der Waals surface area contributed by atoms with Gasteiger partial charge in [-0.1, -0.05) is 25.8 Å². The summed E-state index contributed by atoms with van der Waals surface area (Å²) in [5.74, 6) is -0.402. The minimum absolute atomic E-state index is 0.0416. The van der Waals surface area contributed by atoms with Crippen LogP contribution in [0.15, 0.2) is 18.2 Å². The smallest absolute Gasteiger partial charge is 0.198 e. The van der Waals surface area contributed by atoms with Crippen LogP contribution in [0.5, 0.6) is 5.75 Å². The molecule has 0 saturated carbocycles. The fourth-order valence-corrected chi connectivity index (χ4v) is 2.58. The Morgan fingerprint density at radius 3 is 2.65 bits per heavy atom. The average molecular weight is 276 g/mol. The molecular formula is C16H20O4. The van der Waals surface area contributed by atoms with Crippen LogP contribution in [0.3, 0.4) is 0 Å². The van der Waals surface area contributed by atoms with Gasteiger partial charge in [0.25, 0.3) is 0 Å². The van der Waals surface area contributed by atoms with E-state index in [9.17, 15) is 20.1 Å². The number of benzene rings is 1. The number of Topliss-reactive ketones (excluding diaryl/α,β-unsaturated/α-hetero) is 1. The van der Waals surface area contributed by atoms with Crippen LogP contribution >= 0.6 is 0 Å². The van der Waals surface area contributed by atoms with Crippen molar-refractivity contribution in [2.24, 2.45) is 0 Å². The maximum absolute atomic E-state index is 12.4. The Morgan fingerprint density at radius 2 is 2.00 bits per heavy atom. The molecular weight excluding hydrogens is 256 g/mol. The lowest BCUT2D eigenvalue weighted by Gasteiger charge is -2.28. The molecule has 0 bridgehead atoms. The standard InChI is InChI=1S/C16H20O4/c1-2-3-4-8-16(20)9-7-11-12(15(16)19)5-6-14(18)13(11)10-17/h5-7,9,17-18,20H,2-4,8,10H2,1H3/t16-/m1/s1.